The molecule has 0 unspecified atom stereocenters. The summed E-state index contributed by atoms with van der Waals surface area (Å²) in [5.41, 5.74) is 0. The molecule has 6 heteroatoms. The minimum absolute atomic E-state index is 0.582. The molecule has 2 rings (SSSR count). The molecule has 0 fully saturated rings. The van der Waals surface area contributed by atoms with Crippen LogP contribution >= 0.6 is 27.7 Å². The van der Waals surface area contributed by atoms with Crippen LogP contribution in [-0.2, 0) is 0 Å². The smallest absolute Gasteiger partial charge is 0.159 e. The van der Waals surface area contributed by atoms with Gasteiger partial charge in [0.05, 0.1) is 4.47 Å². The molecule has 2 nitrogen and oxygen atoms in total. The zero-order valence-corrected chi connectivity index (χ0v) is 10.2. The Morgan fingerprint density at radius 1 is 1.19 bits per heavy atom. The average molecular weight is 303 g/mol. The molecular weight excluding hydrogens is 298 g/mol. The Kier molecular flexibility index (Phi) is 3.50. The van der Waals surface area contributed by atoms with Gasteiger partial charge in [0, 0.05) is 11.1 Å². The molecule has 1 heterocycles. The predicted octanol–water partition coefficient (Wildman–Crippen LogP) is 3.67. The highest BCUT2D eigenvalue weighted by molar-refractivity contribution is 9.10. The van der Waals surface area contributed by atoms with E-state index in [0.717, 1.165) is 12.1 Å². The first-order chi connectivity index (χ1) is 7.66. The summed E-state index contributed by atoms with van der Waals surface area (Å²) in [5.74, 6) is -1.72. The quantitative estimate of drug-likeness (QED) is 0.792. The number of halogens is 3. The summed E-state index contributed by atoms with van der Waals surface area (Å²) >= 11 is 4.51. The summed E-state index contributed by atoms with van der Waals surface area (Å²) in [6, 6.07) is 3.72. The van der Waals surface area contributed by atoms with E-state index in [9.17, 15) is 8.78 Å². The fourth-order valence-corrected chi connectivity index (χ4v) is 2.26. The highest BCUT2D eigenvalue weighted by Crippen LogP contribution is 2.31. The van der Waals surface area contributed by atoms with Gasteiger partial charge in [0.15, 0.2) is 11.6 Å². The molecule has 0 N–H and O–H groups in total. The lowest BCUT2D eigenvalue weighted by atomic mass is 10.3. The summed E-state index contributed by atoms with van der Waals surface area (Å²) in [6.45, 7) is 0. The Bertz CT molecular complexity index is 522. The maximum atomic E-state index is 12.9. The largest absolute Gasteiger partial charge is 0.244 e. The highest BCUT2D eigenvalue weighted by atomic mass is 79.9. The molecule has 1 aromatic heterocycles. The molecule has 0 aliphatic carbocycles. The summed E-state index contributed by atoms with van der Waals surface area (Å²) in [4.78, 5) is 8.41. The first-order valence-electron chi connectivity index (χ1n) is 4.25. The second-order valence-corrected chi connectivity index (χ2v) is 4.77. The minimum Gasteiger partial charge on any atom is -0.244 e. The molecule has 0 bridgehead atoms. The Labute approximate surface area is 103 Å². The average Bonchev–Trinajstić information content (AvgIpc) is 2.27. The number of hydrogen-bond acceptors (Lipinski definition) is 3. The Hall–Kier alpha value is -1.01. The van der Waals surface area contributed by atoms with Crippen molar-refractivity contribution in [2.75, 3.05) is 0 Å². The van der Waals surface area contributed by atoms with Crippen LogP contribution in [0, 0.1) is 11.6 Å². The maximum absolute atomic E-state index is 12.9. The van der Waals surface area contributed by atoms with Crippen molar-refractivity contribution in [2.45, 2.75) is 9.92 Å². The van der Waals surface area contributed by atoms with Crippen molar-refractivity contribution in [3.8, 4) is 0 Å². The normalized spacial score (nSPS) is 10.4. The number of benzene rings is 1. The molecule has 0 saturated carbocycles. The zero-order chi connectivity index (χ0) is 11.5. The van der Waals surface area contributed by atoms with Crippen LogP contribution in [0.3, 0.4) is 0 Å². The van der Waals surface area contributed by atoms with Gasteiger partial charge in [0.2, 0.25) is 0 Å². The van der Waals surface area contributed by atoms with Crippen molar-refractivity contribution in [3.63, 3.8) is 0 Å². The Morgan fingerprint density at radius 3 is 2.69 bits per heavy atom. The van der Waals surface area contributed by atoms with Crippen LogP contribution in [0.15, 0.2) is 45.1 Å². The lowest BCUT2D eigenvalue weighted by Gasteiger charge is -2.02. The van der Waals surface area contributed by atoms with Gasteiger partial charge in [0.1, 0.15) is 11.4 Å². The fraction of sp³-hybridized carbons (Fsp3) is 0. The van der Waals surface area contributed by atoms with Gasteiger partial charge < -0.3 is 0 Å². The van der Waals surface area contributed by atoms with Gasteiger partial charge in [-0.3, -0.25) is 0 Å². The number of nitrogens with zero attached hydrogens (tertiary/aromatic N) is 2. The van der Waals surface area contributed by atoms with E-state index in [4.69, 9.17) is 0 Å². The van der Waals surface area contributed by atoms with Crippen molar-refractivity contribution in [1.82, 2.24) is 9.97 Å². The third-order valence-electron chi connectivity index (χ3n) is 1.74. The van der Waals surface area contributed by atoms with Gasteiger partial charge in [-0.25, -0.2) is 18.7 Å². The van der Waals surface area contributed by atoms with Gasteiger partial charge >= 0.3 is 0 Å². The van der Waals surface area contributed by atoms with Crippen molar-refractivity contribution >= 4 is 27.7 Å². The molecule has 1 aromatic carbocycles. The first kappa shape index (κ1) is 11.5. The summed E-state index contributed by atoms with van der Waals surface area (Å²) in [5, 5.41) is 0.654. The van der Waals surface area contributed by atoms with E-state index in [2.05, 4.69) is 25.9 Å². The van der Waals surface area contributed by atoms with Crippen molar-refractivity contribution < 1.29 is 8.78 Å². The van der Waals surface area contributed by atoms with E-state index in [1.54, 1.807) is 6.20 Å². The van der Waals surface area contributed by atoms with Crippen molar-refractivity contribution in [2.24, 2.45) is 0 Å². The predicted molar refractivity (Wildman–Crippen MR) is 60.2 cm³/mol. The number of aromatic nitrogens is 2. The van der Waals surface area contributed by atoms with E-state index in [-0.39, 0.29) is 0 Å². The molecule has 2 aromatic rings. The molecule has 0 amide bonds. The van der Waals surface area contributed by atoms with E-state index in [1.165, 1.54) is 24.2 Å². The maximum Gasteiger partial charge on any atom is 0.159 e. The first-order valence-corrected chi connectivity index (χ1v) is 5.86. The van der Waals surface area contributed by atoms with E-state index < -0.39 is 11.6 Å². The van der Waals surface area contributed by atoms with Crippen LogP contribution < -0.4 is 0 Å². The van der Waals surface area contributed by atoms with Crippen LogP contribution in [0.25, 0.3) is 0 Å². The summed E-state index contributed by atoms with van der Waals surface area (Å²) in [6.07, 6.45) is 2.99. The molecule has 0 aliphatic rings. The van der Waals surface area contributed by atoms with Gasteiger partial charge in [-0.2, -0.15) is 0 Å². The number of hydrogen-bond donors (Lipinski definition) is 0. The summed E-state index contributed by atoms with van der Waals surface area (Å²) < 4.78 is 26.4. The summed E-state index contributed by atoms with van der Waals surface area (Å²) in [7, 11) is 0. The van der Waals surface area contributed by atoms with Crippen LogP contribution in [0.1, 0.15) is 0 Å². The van der Waals surface area contributed by atoms with Gasteiger partial charge in [-0.15, -0.1) is 0 Å². The Morgan fingerprint density at radius 2 is 2.00 bits per heavy atom. The van der Waals surface area contributed by atoms with Crippen molar-refractivity contribution in [1.29, 1.82) is 0 Å². The van der Waals surface area contributed by atoms with E-state index in [0.29, 0.717) is 14.4 Å². The molecular formula is C10H5BrF2N2S. The zero-order valence-electron chi connectivity index (χ0n) is 7.82. The molecule has 0 spiro atoms. The second kappa shape index (κ2) is 4.88. The van der Waals surface area contributed by atoms with E-state index >= 15 is 0 Å². The molecule has 0 saturated heterocycles. The van der Waals surface area contributed by atoms with Gasteiger partial charge in [-0.1, -0.05) is 11.8 Å². The highest BCUT2D eigenvalue weighted by Gasteiger charge is 2.07. The Balaban J connectivity index is 2.28. The minimum atomic E-state index is -0.866. The van der Waals surface area contributed by atoms with Gasteiger partial charge in [0.25, 0.3) is 0 Å². The van der Waals surface area contributed by atoms with Crippen LogP contribution in [0.5, 0.6) is 0 Å². The molecule has 0 radical (unpaired) electrons. The number of rotatable bonds is 2. The van der Waals surface area contributed by atoms with Crippen molar-refractivity contribution in [3.05, 3.63) is 46.8 Å². The third kappa shape index (κ3) is 2.56. The van der Waals surface area contributed by atoms with Crippen LogP contribution in [0.2, 0.25) is 0 Å². The second-order valence-electron chi connectivity index (χ2n) is 2.85. The SMILES string of the molecule is Fc1ccc(Sc2ncncc2Br)cc1F. The monoisotopic (exact) mass is 302 g/mol. The topological polar surface area (TPSA) is 25.8 Å². The standard InChI is InChI=1S/C10H5BrF2N2S/c11-7-4-14-5-15-10(7)16-6-1-2-8(12)9(13)3-6/h1-5H. The molecule has 0 atom stereocenters. The lowest BCUT2D eigenvalue weighted by Crippen LogP contribution is -1.86. The lowest BCUT2D eigenvalue weighted by molar-refractivity contribution is 0.506. The van der Waals surface area contributed by atoms with Gasteiger partial charge in [-0.05, 0) is 34.1 Å². The van der Waals surface area contributed by atoms with Crippen LogP contribution in [0.4, 0.5) is 8.78 Å². The molecule has 82 valence electrons. The molecule has 0 aliphatic heterocycles. The fourth-order valence-electron chi connectivity index (χ4n) is 1.03. The third-order valence-corrected chi connectivity index (χ3v) is 3.59. The van der Waals surface area contributed by atoms with Crippen LogP contribution in [-0.4, -0.2) is 9.97 Å². The molecule has 16 heavy (non-hydrogen) atoms. The van der Waals surface area contributed by atoms with E-state index in [1.807, 2.05) is 0 Å².